The average molecular weight is 244 g/mol. The van der Waals surface area contributed by atoms with Crippen LogP contribution in [0.1, 0.15) is 41.6 Å². The van der Waals surface area contributed by atoms with Crippen LogP contribution in [0, 0.1) is 0 Å². The molecule has 0 aliphatic heterocycles. The summed E-state index contributed by atoms with van der Waals surface area (Å²) in [7, 11) is 0. The lowest BCUT2D eigenvalue weighted by Gasteiger charge is -2.21. The van der Waals surface area contributed by atoms with Gasteiger partial charge in [0.2, 0.25) is 0 Å². The van der Waals surface area contributed by atoms with E-state index in [2.05, 4.69) is 6.58 Å². The van der Waals surface area contributed by atoms with Gasteiger partial charge in [-0.1, -0.05) is 30.9 Å². The Hall–Kier alpha value is -1.90. The number of carbonyl (C=O) groups excluding carboxylic acids is 2. The molecule has 0 amide bonds. The summed E-state index contributed by atoms with van der Waals surface area (Å²) in [5.41, 5.74) is 1.26. The normalized spacial score (nSPS) is 19.3. The number of carbonyl (C=O) groups is 2. The molecule has 0 bridgehead atoms. The van der Waals surface area contributed by atoms with Gasteiger partial charge in [-0.25, -0.2) is 4.79 Å². The van der Waals surface area contributed by atoms with Crippen LogP contribution in [-0.4, -0.2) is 17.9 Å². The molecule has 3 nitrogen and oxygen atoms in total. The first-order valence-corrected chi connectivity index (χ1v) is 6.15. The molecular formula is C15H16O3. The van der Waals surface area contributed by atoms with E-state index >= 15 is 0 Å². The Morgan fingerprint density at radius 2 is 2.17 bits per heavy atom. The van der Waals surface area contributed by atoms with Gasteiger partial charge in [0.25, 0.3) is 0 Å². The Morgan fingerprint density at radius 3 is 2.89 bits per heavy atom. The van der Waals surface area contributed by atoms with Crippen LogP contribution >= 0.6 is 0 Å². The highest BCUT2D eigenvalue weighted by molar-refractivity contribution is 5.93. The molecule has 2 rings (SSSR count). The number of ketones is 1. The maximum atomic E-state index is 12.0. The minimum atomic E-state index is -0.370. The molecule has 1 atom stereocenters. The zero-order valence-electron chi connectivity index (χ0n) is 10.2. The zero-order chi connectivity index (χ0) is 13.0. The van der Waals surface area contributed by atoms with Crippen molar-refractivity contribution in [3.8, 4) is 0 Å². The summed E-state index contributed by atoms with van der Waals surface area (Å²) in [6, 6.07) is 7.16. The van der Waals surface area contributed by atoms with Gasteiger partial charge in [0, 0.05) is 12.8 Å². The predicted molar refractivity (Wildman–Crippen MR) is 69.2 cm³/mol. The fourth-order valence-electron chi connectivity index (χ4n) is 2.16. The minimum Gasteiger partial charge on any atom is -0.458 e. The molecule has 94 valence electrons. The van der Waals surface area contributed by atoms with Crippen LogP contribution in [0.3, 0.4) is 0 Å². The lowest BCUT2D eigenvalue weighted by Crippen LogP contribution is -2.25. The summed E-state index contributed by atoms with van der Waals surface area (Å²) in [6.45, 7) is 3.67. The number of rotatable bonds is 3. The molecule has 1 aliphatic rings. The summed E-state index contributed by atoms with van der Waals surface area (Å²) >= 11 is 0. The number of benzene rings is 1. The van der Waals surface area contributed by atoms with E-state index in [9.17, 15) is 9.59 Å². The average Bonchev–Trinajstić information content (AvgIpc) is 2.38. The van der Waals surface area contributed by atoms with Crippen molar-refractivity contribution in [1.82, 2.24) is 0 Å². The molecule has 0 saturated heterocycles. The van der Waals surface area contributed by atoms with Gasteiger partial charge in [-0.2, -0.15) is 0 Å². The van der Waals surface area contributed by atoms with Crippen LogP contribution in [0.25, 0.3) is 6.08 Å². The molecule has 0 radical (unpaired) electrons. The monoisotopic (exact) mass is 244 g/mol. The number of ether oxygens (including phenoxy) is 1. The Kier molecular flexibility index (Phi) is 3.92. The van der Waals surface area contributed by atoms with Crippen molar-refractivity contribution in [2.75, 3.05) is 0 Å². The Bertz CT molecular complexity index is 476. The molecule has 3 heteroatoms. The molecule has 1 saturated carbocycles. The molecule has 1 unspecified atom stereocenters. The van der Waals surface area contributed by atoms with E-state index in [1.54, 1.807) is 18.2 Å². The number of esters is 1. The molecule has 1 fully saturated rings. The first-order valence-electron chi connectivity index (χ1n) is 6.15. The quantitative estimate of drug-likeness (QED) is 0.768. The van der Waals surface area contributed by atoms with Crippen molar-refractivity contribution in [1.29, 1.82) is 0 Å². The topological polar surface area (TPSA) is 43.4 Å². The van der Waals surface area contributed by atoms with Gasteiger partial charge in [-0.05, 0) is 24.5 Å². The summed E-state index contributed by atoms with van der Waals surface area (Å²) in [5.74, 6) is -0.193. The lowest BCUT2D eigenvalue weighted by atomic mass is 9.96. The zero-order valence-corrected chi connectivity index (χ0v) is 10.2. The van der Waals surface area contributed by atoms with Gasteiger partial charge >= 0.3 is 5.97 Å². The van der Waals surface area contributed by atoms with Crippen molar-refractivity contribution in [3.05, 3.63) is 42.0 Å². The SMILES string of the molecule is C=Cc1ccccc1C(=O)OC1CCCC(=O)C1. The summed E-state index contributed by atoms with van der Waals surface area (Å²) < 4.78 is 5.38. The number of hydrogen-bond donors (Lipinski definition) is 0. The Labute approximate surface area is 106 Å². The lowest BCUT2D eigenvalue weighted by molar-refractivity contribution is -0.123. The van der Waals surface area contributed by atoms with Gasteiger partial charge < -0.3 is 4.74 Å². The third-order valence-corrected chi connectivity index (χ3v) is 3.11. The molecule has 0 aromatic heterocycles. The van der Waals surface area contributed by atoms with Gasteiger partial charge in [-0.15, -0.1) is 0 Å². The number of Topliss-reactive ketones (excluding diaryl/α,β-unsaturated/α-hetero) is 1. The second-order valence-corrected chi connectivity index (χ2v) is 4.45. The van der Waals surface area contributed by atoms with Crippen LogP contribution in [0.5, 0.6) is 0 Å². The third-order valence-electron chi connectivity index (χ3n) is 3.11. The first kappa shape index (κ1) is 12.6. The van der Waals surface area contributed by atoms with E-state index in [0.29, 0.717) is 18.4 Å². The third kappa shape index (κ3) is 2.86. The van der Waals surface area contributed by atoms with Crippen LogP contribution in [-0.2, 0) is 9.53 Å². The Morgan fingerprint density at radius 1 is 1.39 bits per heavy atom. The standard InChI is InChI=1S/C15H16O3/c1-2-11-6-3-4-9-14(11)15(17)18-13-8-5-7-12(16)10-13/h2-4,6,9,13H,1,5,7-8,10H2. The molecule has 1 aromatic rings. The minimum absolute atomic E-state index is 0.177. The van der Waals surface area contributed by atoms with Crippen LogP contribution in [0.15, 0.2) is 30.8 Å². The Balaban J connectivity index is 2.07. The van der Waals surface area contributed by atoms with Crippen molar-refractivity contribution in [2.45, 2.75) is 31.8 Å². The van der Waals surface area contributed by atoms with E-state index in [-0.39, 0.29) is 17.9 Å². The highest BCUT2D eigenvalue weighted by Crippen LogP contribution is 2.20. The van der Waals surface area contributed by atoms with E-state index in [1.165, 1.54) is 0 Å². The van der Waals surface area contributed by atoms with Crippen molar-refractivity contribution >= 4 is 17.8 Å². The van der Waals surface area contributed by atoms with E-state index in [4.69, 9.17) is 4.74 Å². The van der Waals surface area contributed by atoms with Crippen LogP contribution in [0.4, 0.5) is 0 Å². The molecule has 0 heterocycles. The molecule has 18 heavy (non-hydrogen) atoms. The fraction of sp³-hybridized carbons (Fsp3) is 0.333. The molecule has 0 N–H and O–H groups in total. The van der Waals surface area contributed by atoms with E-state index in [0.717, 1.165) is 18.4 Å². The summed E-state index contributed by atoms with van der Waals surface area (Å²) in [5, 5.41) is 0. The first-order chi connectivity index (χ1) is 8.70. The van der Waals surface area contributed by atoms with Crippen molar-refractivity contribution in [3.63, 3.8) is 0 Å². The van der Waals surface area contributed by atoms with Crippen molar-refractivity contribution < 1.29 is 14.3 Å². The maximum Gasteiger partial charge on any atom is 0.339 e. The van der Waals surface area contributed by atoms with Gasteiger partial charge in [-0.3, -0.25) is 4.79 Å². The largest absolute Gasteiger partial charge is 0.458 e. The summed E-state index contributed by atoms with van der Waals surface area (Å²) in [6.07, 6.45) is 3.90. The molecule has 1 aliphatic carbocycles. The molecular weight excluding hydrogens is 228 g/mol. The highest BCUT2D eigenvalue weighted by atomic mass is 16.5. The fourth-order valence-corrected chi connectivity index (χ4v) is 2.16. The predicted octanol–water partition coefficient (Wildman–Crippen LogP) is 3.00. The van der Waals surface area contributed by atoms with Gasteiger partial charge in [0.05, 0.1) is 5.56 Å². The molecule has 0 spiro atoms. The van der Waals surface area contributed by atoms with Gasteiger partial charge in [0.1, 0.15) is 11.9 Å². The van der Waals surface area contributed by atoms with Crippen LogP contribution < -0.4 is 0 Å². The van der Waals surface area contributed by atoms with E-state index in [1.807, 2.05) is 12.1 Å². The highest BCUT2D eigenvalue weighted by Gasteiger charge is 2.23. The maximum absolute atomic E-state index is 12.0. The number of hydrogen-bond acceptors (Lipinski definition) is 3. The summed E-state index contributed by atoms with van der Waals surface area (Å²) in [4.78, 5) is 23.3. The second-order valence-electron chi connectivity index (χ2n) is 4.45. The van der Waals surface area contributed by atoms with E-state index < -0.39 is 0 Å². The second kappa shape index (κ2) is 5.63. The van der Waals surface area contributed by atoms with Crippen molar-refractivity contribution in [2.24, 2.45) is 0 Å². The van der Waals surface area contributed by atoms with Crippen LogP contribution in [0.2, 0.25) is 0 Å². The smallest absolute Gasteiger partial charge is 0.339 e. The molecule has 1 aromatic carbocycles. The van der Waals surface area contributed by atoms with Gasteiger partial charge in [0.15, 0.2) is 0 Å².